The fraction of sp³-hybridized carbons (Fsp3) is 0.857. The van der Waals surface area contributed by atoms with Crippen LogP contribution in [-0.2, 0) is 14.8 Å². The van der Waals surface area contributed by atoms with E-state index in [0.717, 1.165) is 0 Å². The minimum absolute atomic E-state index is 0.155. The Hall–Kier alpha value is -0.620. The molecule has 13 heavy (non-hydrogen) atoms. The molecule has 1 heterocycles. The van der Waals surface area contributed by atoms with E-state index in [1.807, 2.05) is 0 Å². The molecule has 1 amide bonds. The number of primary amides is 1. The summed E-state index contributed by atoms with van der Waals surface area (Å²) in [6.45, 7) is 0.818. The van der Waals surface area contributed by atoms with Crippen molar-refractivity contribution < 1.29 is 13.2 Å². The van der Waals surface area contributed by atoms with Crippen molar-refractivity contribution in [2.24, 2.45) is 11.7 Å². The first-order valence-electron chi connectivity index (χ1n) is 4.15. The maximum absolute atomic E-state index is 11.1. The Morgan fingerprint density at radius 3 is 2.15 bits per heavy atom. The second-order valence-electron chi connectivity index (χ2n) is 3.34. The highest BCUT2D eigenvalue weighted by Crippen LogP contribution is 2.18. The van der Waals surface area contributed by atoms with Crippen LogP contribution in [0.1, 0.15) is 12.8 Å². The highest BCUT2D eigenvalue weighted by Gasteiger charge is 2.27. The summed E-state index contributed by atoms with van der Waals surface area (Å²) < 4.78 is 23.5. The summed E-state index contributed by atoms with van der Waals surface area (Å²) in [5.41, 5.74) is 5.11. The number of carbonyl (C=O) groups is 1. The van der Waals surface area contributed by atoms with Crippen LogP contribution in [-0.4, -0.2) is 38.0 Å². The van der Waals surface area contributed by atoms with Gasteiger partial charge in [0, 0.05) is 19.0 Å². The van der Waals surface area contributed by atoms with Crippen molar-refractivity contribution in [3.05, 3.63) is 0 Å². The van der Waals surface area contributed by atoms with Gasteiger partial charge in [0.1, 0.15) is 0 Å². The van der Waals surface area contributed by atoms with Gasteiger partial charge in [0.05, 0.1) is 6.26 Å². The molecule has 76 valence electrons. The van der Waals surface area contributed by atoms with Crippen LogP contribution in [0, 0.1) is 5.92 Å². The van der Waals surface area contributed by atoms with Crippen LogP contribution >= 0.6 is 0 Å². The van der Waals surface area contributed by atoms with E-state index in [2.05, 4.69) is 0 Å². The number of hydrogen-bond donors (Lipinski definition) is 1. The van der Waals surface area contributed by atoms with Gasteiger partial charge in [-0.05, 0) is 12.8 Å². The molecule has 1 aliphatic rings. The van der Waals surface area contributed by atoms with Gasteiger partial charge >= 0.3 is 0 Å². The van der Waals surface area contributed by atoms with Gasteiger partial charge < -0.3 is 5.73 Å². The second-order valence-corrected chi connectivity index (χ2v) is 5.32. The molecular weight excluding hydrogens is 192 g/mol. The molecule has 0 bridgehead atoms. The minimum Gasteiger partial charge on any atom is -0.369 e. The van der Waals surface area contributed by atoms with Crippen LogP contribution in [0.3, 0.4) is 0 Å². The molecule has 0 unspecified atom stereocenters. The highest BCUT2D eigenvalue weighted by atomic mass is 32.2. The van der Waals surface area contributed by atoms with Gasteiger partial charge in [-0.2, -0.15) is 0 Å². The van der Waals surface area contributed by atoms with Gasteiger partial charge in [-0.25, -0.2) is 12.7 Å². The molecule has 1 fully saturated rings. The summed E-state index contributed by atoms with van der Waals surface area (Å²) in [5.74, 6) is -0.480. The normalized spacial score (nSPS) is 21.6. The largest absolute Gasteiger partial charge is 0.369 e. The highest BCUT2D eigenvalue weighted by molar-refractivity contribution is 7.88. The number of nitrogens with two attached hydrogens (primary N) is 1. The summed E-state index contributed by atoms with van der Waals surface area (Å²) in [4.78, 5) is 10.8. The Kier molecular flexibility index (Phi) is 2.92. The zero-order chi connectivity index (χ0) is 10.1. The number of piperidine rings is 1. The van der Waals surface area contributed by atoms with Crippen molar-refractivity contribution in [1.82, 2.24) is 4.31 Å². The van der Waals surface area contributed by atoms with E-state index in [9.17, 15) is 13.2 Å². The van der Waals surface area contributed by atoms with Crippen LogP contribution in [0.15, 0.2) is 0 Å². The number of carbonyl (C=O) groups excluding carboxylic acids is 1. The standard InChI is InChI=1S/C7H14N2O3S/c1-13(11,12)9-4-2-6(3-5-9)7(8)10/h6H,2-5H2,1H3,(H2,8,10). The first-order chi connectivity index (χ1) is 5.91. The number of nitrogens with zero attached hydrogens (tertiary/aromatic N) is 1. The van der Waals surface area contributed by atoms with Crippen LogP contribution in [0.5, 0.6) is 0 Å². The summed E-state index contributed by atoms with van der Waals surface area (Å²) in [6.07, 6.45) is 2.27. The Labute approximate surface area is 77.9 Å². The summed E-state index contributed by atoms with van der Waals surface area (Å²) in [7, 11) is -3.09. The second kappa shape index (κ2) is 3.63. The maximum Gasteiger partial charge on any atom is 0.220 e. The first-order valence-corrected chi connectivity index (χ1v) is 6.00. The van der Waals surface area contributed by atoms with Crippen LogP contribution in [0.2, 0.25) is 0 Å². The van der Waals surface area contributed by atoms with E-state index in [-0.39, 0.29) is 11.8 Å². The van der Waals surface area contributed by atoms with Crippen molar-refractivity contribution >= 4 is 15.9 Å². The molecule has 0 saturated carbocycles. The maximum atomic E-state index is 11.1. The number of rotatable bonds is 2. The van der Waals surface area contributed by atoms with E-state index < -0.39 is 10.0 Å². The molecule has 0 atom stereocenters. The molecule has 0 aromatic carbocycles. The van der Waals surface area contributed by atoms with Gasteiger partial charge in [0.15, 0.2) is 0 Å². The van der Waals surface area contributed by atoms with E-state index in [1.54, 1.807) is 0 Å². The van der Waals surface area contributed by atoms with E-state index in [0.29, 0.717) is 25.9 Å². The third-order valence-corrected chi connectivity index (χ3v) is 3.63. The van der Waals surface area contributed by atoms with Crippen molar-refractivity contribution in [1.29, 1.82) is 0 Å². The summed E-state index contributed by atoms with van der Waals surface area (Å²) >= 11 is 0. The molecular formula is C7H14N2O3S. The molecule has 0 spiro atoms. The molecule has 2 N–H and O–H groups in total. The van der Waals surface area contributed by atoms with Crippen LogP contribution < -0.4 is 5.73 Å². The predicted molar refractivity (Wildman–Crippen MR) is 48.3 cm³/mol. The third kappa shape index (κ3) is 2.67. The molecule has 0 aliphatic carbocycles. The van der Waals surface area contributed by atoms with E-state index in [1.165, 1.54) is 10.6 Å². The Morgan fingerprint density at radius 2 is 1.85 bits per heavy atom. The SMILES string of the molecule is CS(=O)(=O)N1CCC(C(N)=O)CC1. The Balaban J connectivity index is 2.53. The number of hydrogen-bond acceptors (Lipinski definition) is 3. The van der Waals surface area contributed by atoms with Gasteiger partial charge in [0.25, 0.3) is 0 Å². The van der Waals surface area contributed by atoms with Gasteiger partial charge in [-0.1, -0.05) is 0 Å². The molecule has 5 nitrogen and oxygen atoms in total. The lowest BCUT2D eigenvalue weighted by molar-refractivity contribution is -0.122. The fourth-order valence-electron chi connectivity index (χ4n) is 1.47. The lowest BCUT2D eigenvalue weighted by atomic mass is 9.98. The zero-order valence-electron chi connectivity index (χ0n) is 7.56. The van der Waals surface area contributed by atoms with Crippen molar-refractivity contribution in [3.8, 4) is 0 Å². The zero-order valence-corrected chi connectivity index (χ0v) is 8.38. The fourth-order valence-corrected chi connectivity index (χ4v) is 2.35. The van der Waals surface area contributed by atoms with Gasteiger partial charge in [-0.3, -0.25) is 4.79 Å². The minimum atomic E-state index is -3.09. The molecule has 0 aromatic rings. The van der Waals surface area contributed by atoms with Crippen LogP contribution in [0.4, 0.5) is 0 Å². The van der Waals surface area contributed by atoms with Crippen LogP contribution in [0.25, 0.3) is 0 Å². The lowest BCUT2D eigenvalue weighted by Crippen LogP contribution is -2.41. The quantitative estimate of drug-likeness (QED) is 0.638. The van der Waals surface area contributed by atoms with Gasteiger partial charge in [-0.15, -0.1) is 0 Å². The third-order valence-electron chi connectivity index (χ3n) is 2.33. The smallest absolute Gasteiger partial charge is 0.220 e. The molecule has 0 radical (unpaired) electrons. The first kappa shape index (κ1) is 10.5. The van der Waals surface area contributed by atoms with Gasteiger partial charge in [0.2, 0.25) is 15.9 Å². The van der Waals surface area contributed by atoms with E-state index in [4.69, 9.17) is 5.73 Å². The molecule has 6 heteroatoms. The van der Waals surface area contributed by atoms with Crippen molar-refractivity contribution in [3.63, 3.8) is 0 Å². The van der Waals surface area contributed by atoms with Crippen molar-refractivity contribution in [2.75, 3.05) is 19.3 Å². The number of amides is 1. The summed E-state index contributed by atoms with van der Waals surface area (Å²) in [5, 5.41) is 0. The Morgan fingerprint density at radius 1 is 1.38 bits per heavy atom. The monoisotopic (exact) mass is 206 g/mol. The molecule has 1 saturated heterocycles. The number of sulfonamides is 1. The average Bonchev–Trinajstić information content (AvgIpc) is 2.03. The topological polar surface area (TPSA) is 80.5 Å². The molecule has 1 aliphatic heterocycles. The van der Waals surface area contributed by atoms with Crippen molar-refractivity contribution in [2.45, 2.75) is 12.8 Å². The molecule has 1 rings (SSSR count). The average molecular weight is 206 g/mol. The van der Waals surface area contributed by atoms with E-state index >= 15 is 0 Å². The lowest BCUT2D eigenvalue weighted by Gasteiger charge is -2.28. The molecule has 0 aromatic heterocycles. The predicted octanol–water partition coefficient (Wildman–Crippen LogP) is -0.857. The Bertz CT molecular complexity index is 291. The summed E-state index contributed by atoms with van der Waals surface area (Å²) in [6, 6.07) is 0.